The highest BCUT2D eigenvalue weighted by atomic mass is 79.9. The van der Waals surface area contributed by atoms with E-state index in [9.17, 15) is 0 Å². The maximum absolute atomic E-state index is 5.58. The fourth-order valence-corrected chi connectivity index (χ4v) is 2.70. The summed E-state index contributed by atoms with van der Waals surface area (Å²) in [4.78, 5) is 1.35. The maximum Gasteiger partial charge on any atom is 0.0701 e. The van der Waals surface area contributed by atoms with Crippen molar-refractivity contribution in [2.24, 2.45) is 5.92 Å². The quantitative estimate of drug-likeness (QED) is 0.830. The Kier molecular flexibility index (Phi) is 6.58. The van der Waals surface area contributed by atoms with Crippen LogP contribution in [0.15, 0.2) is 15.9 Å². The van der Waals surface area contributed by atoms with Gasteiger partial charge >= 0.3 is 0 Å². The molecular weight excluding hydrogens is 286 g/mol. The molecule has 1 aromatic rings. The van der Waals surface area contributed by atoms with Crippen molar-refractivity contribution in [3.63, 3.8) is 0 Å². The number of rotatable bonds is 7. The Balaban J connectivity index is 2.12. The van der Waals surface area contributed by atoms with Gasteiger partial charge in [0.05, 0.1) is 10.4 Å². The zero-order chi connectivity index (χ0) is 12.0. The Hall–Kier alpha value is 0.1000. The third-order valence-electron chi connectivity index (χ3n) is 2.07. The first-order chi connectivity index (χ1) is 7.58. The number of ether oxygens (including phenoxy) is 1. The highest BCUT2D eigenvalue weighted by molar-refractivity contribution is 9.11. The summed E-state index contributed by atoms with van der Waals surface area (Å²) in [6.07, 6.45) is 0. The summed E-state index contributed by atoms with van der Waals surface area (Å²) in [7, 11) is 0. The molecular formula is C12H20BrNOS. The van der Waals surface area contributed by atoms with Crippen LogP contribution in [0.25, 0.3) is 0 Å². The fraction of sp³-hybridized carbons (Fsp3) is 0.667. The molecule has 0 fully saturated rings. The average molecular weight is 306 g/mol. The van der Waals surface area contributed by atoms with Crippen LogP contribution in [0.1, 0.15) is 25.6 Å². The second-order valence-corrected chi connectivity index (χ2v) is 6.97. The van der Waals surface area contributed by atoms with Crippen molar-refractivity contribution >= 4 is 27.3 Å². The van der Waals surface area contributed by atoms with Crippen LogP contribution in [0.3, 0.4) is 0 Å². The lowest BCUT2D eigenvalue weighted by Gasteiger charge is -2.14. The zero-order valence-corrected chi connectivity index (χ0v) is 12.5. The molecule has 1 heterocycles. The van der Waals surface area contributed by atoms with E-state index in [0.717, 1.165) is 19.8 Å². The van der Waals surface area contributed by atoms with Gasteiger partial charge in [-0.05, 0) is 40.9 Å². The summed E-state index contributed by atoms with van der Waals surface area (Å²) in [5.74, 6) is 0.612. The number of hydrogen-bond donors (Lipinski definition) is 1. The summed E-state index contributed by atoms with van der Waals surface area (Å²) in [5.41, 5.74) is 0. The van der Waals surface area contributed by atoms with E-state index in [4.69, 9.17) is 4.74 Å². The number of nitrogens with one attached hydrogen (secondary N) is 1. The largest absolute Gasteiger partial charge is 0.380 e. The molecule has 0 aromatic carbocycles. The Bertz CT molecular complexity index is 301. The Morgan fingerprint density at radius 1 is 1.31 bits per heavy atom. The van der Waals surface area contributed by atoms with Crippen LogP contribution in [0.4, 0.5) is 0 Å². The molecule has 0 spiro atoms. The van der Waals surface area contributed by atoms with E-state index in [1.807, 2.05) is 0 Å². The molecule has 1 unspecified atom stereocenters. The summed E-state index contributed by atoms with van der Waals surface area (Å²) >= 11 is 5.23. The minimum atomic E-state index is 0.402. The van der Waals surface area contributed by atoms with Gasteiger partial charge in [-0.15, -0.1) is 11.3 Å². The topological polar surface area (TPSA) is 21.3 Å². The van der Waals surface area contributed by atoms with Gasteiger partial charge in [0.2, 0.25) is 0 Å². The van der Waals surface area contributed by atoms with E-state index in [2.05, 4.69) is 54.2 Å². The van der Waals surface area contributed by atoms with E-state index in [1.165, 1.54) is 8.66 Å². The van der Waals surface area contributed by atoms with E-state index in [0.29, 0.717) is 12.0 Å². The molecule has 4 heteroatoms. The van der Waals surface area contributed by atoms with Crippen molar-refractivity contribution in [1.82, 2.24) is 5.32 Å². The van der Waals surface area contributed by atoms with Crippen LogP contribution in [-0.2, 0) is 11.3 Å². The second kappa shape index (κ2) is 7.43. The maximum atomic E-state index is 5.58. The molecule has 0 saturated heterocycles. The molecule has 0 radical (unpaired) electrons. The van der Waals surface area contributed by atoms with Gasteiger partial charge in [-0.3, -0.25) is 0 Å². The van der Waals surface area contributed by atoms with E-state index < -0.39 is 0 Å². The van der Waals surface area contributed by atoms with Crippen LogP contribution in [0.5, 0.6) is 0 Å². The molecule has 1 atom stereocenters. The van der Waals surface area contributed by atoms with Crippen molar-refractivity contribution < 1.29 is 4.74 Å². The van der Waals surface area contributed by atoms with Crippen molar-refractivity contribution in [1.29, 1.82) is 0 Å². The van der Waals surface area contributed by atoms with Crippen molar-refractivity contribution in [2.45, 2.75) is 33.4 Å². The fourth-order valence-electron chi connectivity index (χ4n) is 1.26. The Morgan fingerprint density at radius 2 is 2.06 bits per heavy atom. The molecule has 0 aliphatic carbocycles. The van der Waals surface area contributed by atoms with Crippen LogP contribution >= 0.6 is 27.3 Å². The van der Waals surface area contributed by atoms with Gasteiger partial charge < -0.3 is 10.1 Å². The monoisotopic (exact) mass is 305 g/mol. The molecule has 0 saturated carbocycles. The molecule has 1 rings (SSSR count). The molecule has 1 aromatic heterocycles. The minimum Gasteiger partial charge on any atom is -0.380 e. The number of halogens is 1. The third-order valence-corrected chi connectivity index (χ3v) is 3.70. The first-order valence-corrected chi connectivity index (χ1v) is 7.24. The summed E-state index contributed by atoms with van der Waals surface area (Å²) < 4.78 is 6.77. The highest BCUT2D eigenvalue weighted by Crippen LogP contribution is 2.21. The van der Waals surface area contributed by atoms with E-state index in [1.54, 1.807) is 11.3 Å². The van der Waals surface area contributed by atoms with Crippen molar-refractivity contribution in [3.8, 4) is 0 Å². The second-order valence-electron chi connectivity index (χ2n) is 4.42. The predicted molar refractivity (Wildman–Crippen MR) is 74.0 cm³/mol. The van der Waals surface area contributed by atoms with Gasteiger partial charge in [0.25, 0.3) is 0 Å². The van der Waals surface area contributed by atoms with Crippen LogP contribution in [-0.4, -0.2) is 19.3 Å². The lowest BCUT2D eigenvalue weighted by atomic mass is 10.2. The summed E-state index contributed by atoms with van der Waals surface area (Å²) in [6.45, 7) is 9.04. The van der Waals surface area contributed by atoms with Crippen molar-refractivity contribution in [2.75, 3.05) is 13.2 Å². The van der Waals surface area contributed by atoms with Crippen LogP contribution < -0.4 is 5.32 Å². The molecule has 2 nitrogen and oxygen atoms in total. The first-order valence-electron chi connectivity index (χ1n) is 5.63. The smallest absolute Gasteiger partial charge is 0.0701 e. The SMILES string of the molecule is CC(C)COCC(C)NCc1ccc(Br)s1. The van der Waals surface area contributed by atoms with E-state index in [-0.39, 0.29) is 0 Å². The first kappa shape index (κ1) is 14.2. The van der Waals surface area contributed by atoms with Gasteiger partial charge in [-0.2, -0.15) is 0 Å². The van der Waals surface area contributed by atoms with Crippen LogP contribution in [0, 0.1) is 5.92 Å². The van der Waals surface area contributed by atoms with Gasteiger partial charge in [0.1, 0.15) is 0 Å². The van der Waals surface area contributed by atoms with Gasteiger partial charge in [0.15, 0.2) is 0 Å². The normalized spacial score (nSPS) is 13.3. The lowest BCUT2D eigenvalue weighted by molar-refractivity contribution is 0.0936. The lowest BCUT2D eigenvalue weighted by Crippen LogP contribution is -2.30. The molecule has 16 heavy (non-hydrogen) atoms. The Labute approximate surface area is 111 Å². The number of thiophene rings is 1. The zero-order valence-electron chi connectivity index (χ0n) is 10.1. The van der Waals surface area contributed by atoms with E-state index >= 15 is 0 Å². The standard InChI is InChI=1S/C12H20BrNOS/c1-9(2)7-15-8-10(3)14-6-11-4-5-12(13)16-11/h4-5,9-10,14H,6-8H2,1-3H3. The molecule has 1 N–H and O–H groups in total. The molecule has 0 aliphatic heterocycles. The predicted octanol–water partition coefficient (Wildman–Crippen LogP) is 3.66. The van der Waals surface area contributed by atoms with Gasteiger partial charge in [-0.25, -0.2) is 0 Å². The van der Waals surface area contributed by atoms with Crippen molar-refractivity contribution in [3.05, 3.63) is 20.8 Å². The summed E-state index contributed by atoms with van der Waals surface area (Å²) in [6, 6.07) is 4.63. The highest BCUT2D eigenvalue weighted by Gasteiger charge is 2.04. The average Bonchev–Trinajstić information content (AvgIpc) is 2.61. The molecule has 0 aliphatic rings. The summed E-state index contributed by atoms with van der Waals surface area (Å²) in [5, 5.41) is 3.45. The van der Waals surface area contributed by atoms with Gasteiger partial charge in [-0.1, -0.05) is 13.8 Å². The third kappa shape index (κ3) is 5.99. The molecule has 92 valence electrons. The van der Waals surface area contributed by atoms with Gasteiger partial charge in [0, 0.05) is 24.1 Å². The molecule has 0 amide bonds. The van der Waals surface area contributed by atoms with Crippen LogP contribution in [0.2, 0.25) is 0 Å². The molecule has 0 bridgehead atoms. The number of hydrogen-bond acceptors (Lipinski definition) is 3. The minimum absolute atomic E-state index is 0.402. The Morgan fingerprint density at radius 3 is 2.62 bits per heavy atom.